The molecule has 6 rings (SSSR count). The van der Waals surface area contributed by atoms with Crippen LogP contribution in [-0.4, -0.2) is 26.2 Å². The van der Waals surface area contributed by atoms with Gasteiger partial charge in [0.15, 0.2) is 37.9 Å². The molecule has 2 aromatic heterocycles. The summed E-state index contributed by atoms with van der Waals surface area (Å²) in [4.78, 5) is 5.02. The van der Waals surface area contributed by atoms with Crippen molar-refractivity contribution in [1.82, 2.24) is 0 Å². The number of rotatable bonds is 8. The van der Waals surface area contributed by atoms with Crippen LogP contribution in [0.15, 0.2) is 97.6 Å². The van der Waals surface area contributed by atoms with E-state index in [4.69, 9.17) is 0 Å². The minimum atomic E-state index is 0. The van der Waals surface area contributed by atoms with Crippen LogP contribution in [0.1, 0.15) is 60.8 Å². The molecule has 0 saturated carbocycles. The van der Waals surface area contributed by atoms with Gasteiger partial charge in [0.25, 0.3) is 0 Å². The highest BCUT2D eigenvalue weighted by Crippen LogP contribution is 2.19. The lowest BCUT2D eigenvalue weighted by Gasteiger charge is -2.28. The molecule has 0 unspecified atom stereocenters. The van der Waals surface area contributed by atoms with Gasteiger partial charge >= 0.3 is 0 Å². The number of anilines is 2. The fourth-order valence-electron chi connectivity index (χ4n) is 5.92. The highest BCUT2D eigenvalue weighted by molar-refractivity contribution is 5.69. The van der Waals surface area contributed by atoms with E-state index >= 15 is 0 Å². The van der Waals surface area contributed by atoms with Crippen molar-refractivity contribution in [3.8, 4) is 0 Å². The summed E-state index contributed by atoms with van der Waals surface area (Å²) in [5, 5.41) is 0. The molecular formula is C36H42Br2N4. The first-order valence-electron chi connectivity index (χ1n) is 15.1. The molecule has 0 aliphatic carbocycles. The number of halogens is 2. The maximum atomic E-state index is 2.51. The third-order valence-corrected chi connectivity index (χ3v) is 8.35. The summed E-state index contributed by atoms with van der Waals surface area (Å²) in [6, 6.07) is 26.9. The van der Waals surface area contributed by atoms with Crippen molar-refractivity contribution >= 4 is 23.5 Å². The zero-order chi connectivity index (χ0) is 27.0. The molecule has 4 heterocycles. The second-order valence-corrected chi connectivity index (χ2v) is 11.4. The first kappa shape index (κ1) is 32.0. The highest BCUT2D eigenvalue weighted by atomic mass is 79.9. The second kappa shape index (κ2) is 16.0. The number of nitrogens with zero attached hydrogens (tertiary/aromatic N) is 4. The monoisotopic (exact) mass is 688 g/mol. The van der Waals surface area contributed by atoms with Gasteiger partial charge in [0.05, 0.1) is 0 Å². The van der Waals surface area contributed by atoms with Gasteiger partial charge < -0.3 is 43.8 Å². The van der Waals surface area contributed by atoms with Crippen LogP contribution in [0.25, 0.3) is 12.2 Å². The molecule has 0 radical (unpaired) electrons. The minimum Gasteiger partial charge on any atom is -1.00 e. The fraction of sp³-hybridized carbons (Fsp3) is 0.333. The Morgan fingerprint density at radius 1 is 0.452 bits per heavy atom. The van der Waals surface area contributed by atoms with Gasteiger partial charge in [-0.25, -0.2) is 9.13 Å². The normalized spacial score (nSPS) is 15.2. The summed E-state index contributed by atoms with van der Waals surface area (Å²) in [5.74, 6) is 0. The smallest absolute Gasteiger partial charge is 0.173 e. The maximum Gasteiger partial charge on any atom is 0.173 e. The van der Waals surface area contributed by atoms with E-state index in [1.807, 2.05) is 0 Å². The van der Waals surface area contributed by atoms with E-state index in [-0.39, 0.29) is 34.0 Å². The molecular weight excluding hydrogens is 648 g/mol. The number of pyridine rings is 2. The van der Waals surface area contributed by atoms with Crippen LogP contribution in [-0.2, 0) is 13.1 Å². The number of hydrogen-bond donors (Lipinski definition) is 0. The van der Waals surface area contributed by atoms with Crippen molar-refractivity contribution in [2.75, 3.05) is 36.0 Å². The molecule has 2 aromatic carbocycles. The molecule has 6 heteroatoms. The van der Waals surface area contributed by atoms with Crippen molar-refractivity contribution in [3.05, 3.63) is 120 Å². The van der Waals surface area contributed by atoms with Gasteiger partial charge in [-0.05, 0) is 49.7 Å². The Bertz CT molecular complexity index is 1260. The second-order valence-electron chi connectivity index (χ2n) is 11.4. The molecule has 0 spiro atoms. The molecule has 2 saturated heterocycles. The predicted octanol–water partition coefficient (Wildman–Crippen LogP) is 0.517. The lowest BCUT2D eigenvalue weighted by molar-refractivity contribution is -0.688. The first-order chi connectivity index (χ1) is 19.8. The summed E-state index contributed by atoms with van der Waals surface area (Å²) in [7, 11) is 0. The minimum absolute atomic E-state index is 0. The van der Waals surface area contributed by atoms with Crippen LogP contribution in [0.3, 0.4) is 0 Å². The summed E-state index contributed by atoms with van der Waals surface area (Å²) in [6.45, 7) is 6.55. The molecule has 4 aromatic rings. The Labute approximate surface area is 272 Å². The molecule has 42 heavy (non-hydrogen) atoms. The Morgan fingerprint density at radius 3 is 1.12 bits per heavy atom. The van der Waals surface area contributed by atoms with Crippen LogP contribution < -0.4 is 52.9 Å². The number of benzene rings is 2. The van der Waals surface area contributed by atoms with Gasteiger partial charge in [-0.3, -0.25) is 0 Å². The predicted molar refractivity (Wildman–Crippen MR) is 165 cm³/mol. The molecule has 4 nitrogen and oxygen atoms in total. The van der Waals surface area contributed by atoms with Crippen molar-refractivity contribution in [2.24, 2.45) is 0 Å². The van der Waals surface area contributed by atoms with Gasteiger partial charge in [0.2, 0.25) is 0 Å². The highest BCUT2D eigenvalue weighted by Gasteiger charge is 2.13. The van der Waals surface area contributed by atoms with Crippen molar-refractivity contribution in [3.63, 3.8) is 0 Å². The number of hydrogen-bond acceptors (Lipinski definition) is 2. The maximum absolute atomic E-state index is 2.51. The molecule has 0 amide bonds. The van der Waals surface area contributed by atoms with Crippen LogP contribution in [0.4, 0.5) is 11.4 Å². The standard InChI is InChI=1S/C36H42N4.2BrH/c1-3-21-39(22-4-1)35-17-25-37(26-18-35)29-33-13-9-31(10-14-33)7-8-32-11-15-34(16-12-32)30-38-27-19-36(20-28-38)40-23-5-2-6-24-40;;/h7-20,25-28H,1-6,21-24,29-30H2;2*1H/q+2;;/p-2/b8-7+;;. The quantitative estimate of drug-likeness (QED) is 0.198. The van der Waals surface area contributed by atoms with E-state index in [0.717, 1.165) is 13.1 Å². The molecule has 2 aliphatic heterocycles. The first-order valence-corrected chi connectivity index (χ1v) is 15.1. The molecule has 2 fully saturated rings. The lowest BCUT2D eigenvalue weighted by atomic mass is 10.1. The number of aromatic nitrogens is 2. The SMILES string of the molecule is C(=C\c1ccc(C[n+]2ccc(N3CCCCC3)cc2)cc1)/c1ccc(C[n+]2ccc(N3CCCCC3)cc2)cc1.[Br-].[Br-]. The summed E-state index contributed by atoms with van der Waals surface area (Å²) < 4.78 is 4.53. The summed E-state index contributed by atoms with van der Waals surface area (Å²) in [6.07, 6.45) is 21.2. The topological polar surface area (TPSA) is 14.2 Å². The lowest BCUT2D eigenvalue weighted by Crippen LogP contribution is -3.00. The molecule has 0 atom stereocenters. The van der Waals surface area contributed by atoms with E-state index < -0.39 is 0 Å². The van der Waals surface area contributed by atoms with Crippen LogP contribution in [0.5, 0.6) is 0 Å². The fourth-order valence-corrected chi connectivity index (χ4v) is 5.92. The van der Waals surface area contributed by atoms with Crippen molar-refractivity contribution < 1.29 is 43.1 Å². The van der Waals surface area contributed by atoms with Gasteiger partial charge in [0.1, 0.15) is 0 Å². The third kappa shape index (κ3) is 8.78. The van der Waals surface area contributed by atoms with Crippen LogP contribution >= 0.6 is 0 Å². The zero-order valence-electron chi connectivity index (χ0n) is 24.4. The van der Waals surface area contributed by atoms with Gasteiger partial charge in [-0.15, -0.1) is 0 Å². The average molecular weight is 691 g/mol. The average Bonchev–Trinajstić information content (AvgIpc) is 3.03. The molecule has 2 aliphatic rings. The Balaban J connectivity index is 0.00000202. The van der Waals surface area contributed by atoms with Gasteiger partial charge in [-0.2, -0.15) is 0 Å². The van der Waals surface area contributed by atoms with Gasteiger partial charge in [-0.1, -0.05) is 60.7 Å². The molecule has 220 valence electrons. The van der Waals surface area contributed by atoms with Gasteiger partial charge in [0, 0.05) is 72.9 Å². The Morgan fingerprint density at radius 2 is 0.786 bits per heavy atom. The van der Waals surface area contributed by atoms with E-state index in [0.29, 0.717) is 0 Å². The van der Waals surface area contributed by atoms with E-state index in [9.17, 15) is 0 Å². The third-order valence-electron chi connectivity index (χ3n) is 8.35. The molecule has 0 bridgehead atoms. The van der Waals surface area contributed by atoms with E-state index in [1.165, 1.54) is 98.3 Å². The van der Waals surface area contributed by atoms with E-state index in [1.54, 1.807) is 0 Å². The van der Waals surface area contributed by atoms with E-state index in [2.05, 4.69) is 129 Å². The van der Waals surface area contributed by atoms with Crippen LogP contribution in [0, 0.1) is 0 Å². The largest absolute Gasteiger partial charge is 1.00 e. The summed E-state index contributed by atoms with van der Waals surface area (Å²) in [5.41, 5.74) is 7.79. The Hall–Kier alpha value is -2.96. The number of piperidine rings is 2. The van der Waals surface area contributed by atoms with Crippen molar-refractivity contribution in [1.29, 1.82) is 0 Å². The Kier molecular flexibility index (Phi) is 12.2. The molecule has 0 N–H and O–H groups in total. The van der Waals surface area contributed by atoms with Crippen molar-refractivity contribution in [2.45, 2.75) is 51.6 Å². The van der Waals surface area contributed by atoms with Crippen LogP contribution in [0.2, 0.25) is 0 Å². The summed E-state index contributed by atoms with van der Waals surface area (Å²) >= 11 is 0. The zero-order valence-corrected chi connectivity index (χ0v) is 27.6.